The van der Waals surface area contributed by atoms with Crippen molar-refractivity contribution in [3.05, 3.63) is 131 Å². The zero-order valence-corrected chi connectivity index (χ0v) is 19.5. The van der Waals surface area contributed by atoms with Crippen molar-refractivity contribution in [1.29, 1.82) is 0 Å². The number of aliphatic hydroxyl groups is 1. The van der Waals surface area contributed by atoms with E-state index >= 15 is 0 Å². The SMILES string of the molecule is O=C(NC(c1ccccc1)C(CO)Cc1ccccc1)OCC1c2ccccc2-c2ccccc21. The number of amides is 1. The first-order chi connectivity index (χ1) is 17.2. The highest BCUT2D eigenvalue weighted by Gasteiger charge is 2.30. The van der Waals surface area contributed by atoms with Crippen LogP contribution >= 0.6 is 0 Å². The molecule has 1 amide bonds. The van der Waals surface area contributed by atoms with Crippen molar-refractivity contribution in [3.63, 3.8) is 0 Å². The molecule has 0 heterocycles. The van der Waals surface area contributed by atoms with Crippen LogP contribution in [0.3, 0.4) is 0 Å². The molecule has 1 aliphatic rings. The molecule has 5 rings (SSSR count). The predicted octanol–water partition coefficient (Wildman–Crippen LogP) is 6.12. The van der Waals surface area contributed by atoms with Crippen LogP contribution in [0.5, 0.6) is 0 Å². The second kappa shape index (κ2) is 10.6. The molecule has 4 heteroatoms. The lowest BCUT2D eigenvalue weighted by molar-refractivity contribution is 0.127. The number of benzene rings is 4. The molecule has 0 saturated heterocycles. The smallest absolute Gasteiger partial charge is 0.407 e. The standard InChI is InChI=1S/C31H29NO3/c33-20-24(19-22-11-3-1-4-12-22)30(23-13-5-2-6-14-23)32-31(34)35-21-29-27-17-9-7-15-25(27)26-16-8-10-18-28(26)29/h1-18,24,29-30,33H,19-21H2,(H,32,34). The van der Waals surface area contributed by atoms with Crippen LogP contribution in [0.1, 0.15) is 34.2 Å². The third-order valence-corrected chi connectivity index (χ3v) is 6.82. The van der Waals surface area contributed by atoms with Crippen molar-refractivity contribution in [2.24, 2.45) is 5.92 Å². The minimum Gasteiger partial charge on any atom is -0.449 e. The van der Waals surface area contributed by atoms with Gasteiger partial charge in [0.1, 0.15) is 6.61 Å². The third-order valence-electron chi connectivity index (χ3n) is 6.82. The Kier molecular flexibility index (Phi) is 6.92. The van der Waals surface area contributed by atoms with E-state index in [4.69, 9.17) is 4.74 Å². The number of rotatable bonds is 8. The van der Waals surface area contributed by atoms with Gasteiger partial charge in [-0.3, -0.25) is 0 Å². The van der Waals surface area contributed by atoms with E-state index in [9.17, 15) is 9.90 Å². The number of ether oxygens (including phenoxy) is 1. The van der Waals surface area contributed by atoms with Gasteiger partial charge in [-0.05, 0) is 39.8 Å². The topological polar surface area (TPSA) is 58.6 Å². The van der Waals surface area contributed by atoms with E-state index in [1.807, 2.05) is 84.9 Å². The Morgan fingerprint density at radius 1 is 0.771 bits per heavy atom. The number of carbonyl (C=O) groups is 1. The lowest BCUT2D eigenvalue weighted by Crippen LogP contribution is -2.36. The molecule has 0 bridgehead atoms. The maximum atomic E-state index is 13.1. The average molecular weight is 464 g/mol. The number of nitrogens with one attached hydrogen (secondary N) is 1. The molecule has 35 heavy (non-hydrogen) atoms. The molecule has 4 aromatic carbocycles. The highest BCUT2D eigenvalue weighted by atomic mass is 16.5. The second-order valence-corrected chi connectivity index (χ2v) is 8.99. The highest BCUT2D eigenvalue weighted by Crippen LogP contribution is 2.44. The molecule has 176 valence electrons. The van der Waals surface area contributed by atoms with Gasteiger partial charge >= 0.3 is 6.09 Å². The van der Waals surface area contributed by atoms with E-state index in [0.29, 0.717) is 6.42 Å². The third kappa shape index (κ3) is 4.98. The summed E-state index contributed by atoms with van der Waals surface area (Å²) in [6.07, 6.45) is 0.160. The molecular weight excluding hydrogens is 434 g/mol. The quantitative estimate of drug-likeness (QED) is 0.331. The number of aliphatic hydroxyl groups excluding tert-OH is 1. The fourth-order valence-electron chi connectivity index (χ4n) is 5.11. The van der Waals surface area contributed by atoms with Crippen LogP contribution in [0, 0.1) is 5.92 Å². The number of alkyl carbamates (subject to hydrolysis) is 1. The fourth-order valence-corrected chi connectivity index (χ4v) is 5.11. The number of carbonyl (C=O) groups excluding carboxylic acids is 1. The van der Waals surface area contributed by atoms with Crippen LogP contribution in [-0.2, 0) is 11.2 Å². The number of hydrogen-bond acceptors (Lipinski definition) is 3. The summed E-state index contributed by atoms with van der Waals surface area (Å²) in [6, 6.07) is 36.0. The van der Waals surface area contributed by atoms with Gasteiger partial charge in [0.05, 0.1) is 6.04 Å². The lowest BCUT2D eigenvalue weighted by Gasteiger charge is -2.27. The summed E-state index contributed by atoms with van der Waals surface area (Å²) in [5.41, 5.74) is 6.81. The first kappa shape index (κ1) is 22.9. The second-order valence-electron chi connectivity index (χ2n) is 8.99. The first-order valence-corrected chi connectivity index (χ1v) is 12.1. The summed E-state index contributed by atoms with van der Waals surface area (Å²) >= 11 is 0. The first-order valence-electron chi connectivity index (χ1n) is 12.1. The van der Waals surface area contributed by atoms with Gasteiger partial charge in [-0.25, -0.2) is 4.79 Å². The monoisotopic (exact) mass is 463 g/mol. The molecule has 0 saturated carbocycles. The van der Waals surface area contributed by atoms with E-state index in [1.54, 1.807) is 0 Å². The molecule has 2 unspecified atom stereocenters. The Balaban J connectivity index is 1.33. The summed E-state index contributed by atoms with van der Waals surface area (Å²) in [4.78, 5) is 13.1. The van der Waals surface area contributed by atoms with Crippen LogP contribution in [0.25, 0.3) is 11.1 Å². The summed E-state index contributed by atoms with van der Waals surface area (Å²) < 4.78 is 5.80. The Hall–Kier alpha value is -3.89. The fraction of sp³-hybridized carbons (Fsp3) is 0.194. The van der Waals surface area contributed by atoms with Crippen molar-refractivity contribution in [2.45, 2.75) is 18.4 Å². The Morgan fingerprint density at radius 3 is 1.91 bits per heavy atom. The van der Waals surface area contributed by atoms with Crippen LogP contribution in [-0.4, -0.2) is 24.4 Å². The molecule has 4 aromatic rings. The van der Waals surface area contributed by atoms with E-state index < -0.39 is 6.09 Å². The van der Waals surface area contributed by atoms with Crippen molar-refractivity contribution in [2.75, 3.05) is 13.2 Å². The normalized spacial score (nSPS) is 14.0. The lowest BCUT2D eigenvalue weighted by atomic mass is 9.88. The van der Waals surface area contributed by atoms with Crippen LogP contribution in [0.15, 0.2) is 109 Å². The minimum absolute atomic E-state index is 0.00119. The van der Waals surface area contributed by atoms with E-state index in [2.05, 4.69) is 29.6 Å². The van der Waals surface area contributed by atoms with Crippen molar-refractivity contribution >= 4 is 6.09 Å². The molecule has 2 atom stereocenters. The molecule has 2 N–H and O–H groups in total. The van der Waals surface area contributed by atoms with Gasteiger partial charge in [0.25, 0.3) is 0 Å². The largest absolute Gasteiger partial charge is 0.449 e. The molecule has 0 aliphatic heterocycles. The van der Waals surface area contributed by atoms with Crippen LogP contribution < -0.4 is 5.32 Å². The number of fused-ring (bicyclic) bond motifs is 3. The average Bonchev–Trinajstić information content (AvgIpc) is 3.24. The van der Waals surface area contributed by atoms with Crippen molar-refractivity contribution in [3.8, 4) is 11.1 Å². The Labute approximate surface area is 206 Å². The molecule has 0 fully saturated rings. The maximum absolute atomic E-state index is 13.1. The predicted molar refractivity (Wildman–Crippen MR) is 138 cm³/mol. The number of hydrogen-bond donors (Lipinski definition) is 2. The molecule has 1 aliphatic carbocycles. The molecule has 4 nitrogen and oxygen atoms in total. The van der Waals surface area contributed by atoms with Gasteiger partial charge in [-0.1, -0.05) is 109 Å². The summed E-state index contributed by atoms with van der Waals surface area (Å²) in [5, 5.41) is 13.3. The van der Waals surface area contributed by atoms with Crippen LogP contribution in [0.4, 0.5) is 4.79 Å². The zero-order chi connectivity index (χ0) is 24.0. The van der Waals surface area contributed by atoms with Crippen molar-refractivity contribution < 1.29 is 14.6 Å². The zero-order valence-electron chi connectivity index (χ0n) is 19.5. The molecule has 0 spiro atoms. The minimum atomic E-state index is -0.479. The van der Waals surface area contributed by atoms with Crippen molar-refractivity contribution in [1.82, 2.24) is 5.32 Å². The summed E-state index contributed by atoms with van der Waals surface area (Å²) in [5.74, 6) is -0.193. The molecule has 0 radical (unpaired) electrons. The molecule has 0 aromatic heterocycles. The van der Waals surface area contributed by atoms with Gasteiger partial charge in [0.2, 0.25) is 0 Å². The molecular formula is C31H29NO3. The van der Waals surface area contributed by atoms with Gasteiger partial charge in [0, 0.05) is 18.4 Å². The van der Waals surface area contributed by atoms with Gasteiger partial charge in [-0.2, -0.15) is 0 Å². The summed E-state index contributed by atoms with van der Waals surface area (Å²) in [7, 11) is 0. The highest BCUT2D eigenvalue weighted by molar-refractivity contribution is 5.79. The van der Waals surface area contributed by atoms with E-state index in [0.717, 1.165) is 11.1 Å². The van der Waals surface area contributed by atoms with Crippen LogP contribution in [0.2, 0.25) is 0 Å². The van der Waals surface area contributed by atoms with E-state index in [-0.39, 0.29) is 31.1 Å². The summed E-state index contributed by atoms with van der Waals surface area (Å²) in [6.45, 7) is 0.196. The van der Waals surface area contributed by atoms with Gasteiger partial charge < -0.3 is 15.2 Å². The van der Waals surface area contributed by atoms with Gasteiger partial charge in [0.15, 0.2) is 0 Å². The van der Waals surface area contributed by atoms with E-state index in [1.165, 1.54) is 22.3 Å². The maximum Gasteiger partial charge on any atom is 0.407 e. The Bertz CT molecular complexity index is 1230. The van der Waals surface area contributed by atoms with Gasteiger partial charge in [-0.15, -0.1) is 0 Å². The Morgan fingerprint density at radius 2 is 1.31 bits per heavy atom.